The van der Waals surface area contributed by atoms with Crippen LogP contribution < -0.4 is 5.73 Å². The van der Waals surface area contributed by atoms with Crippen LogP contribution in [0.3, 0.4) is 0 Å². The van der Waals surface area contributed by atoms with Gasteiger partial charge in [-0.3, -0.25) is 0 Å². The van der Waals surface area contributed by atoms with Gasteiger partial charge in [0.2, 0.25) is 0 Å². The first-order valence-corrected chi connectivity index (χ1v) is 4.58. The zero-order chi connectivity index (χ0) is 8.24. The van der Waals surface area contributed by atoms with Gasteiger partial charge in [-0.15, -0.1) is 0 Å². The molecule has 1 fully saturated rings. The third kappa shape index (κ3) is 17.8. The monoisotopic (exact) mass is 156 g/mol. The van der Waals surface area contributed by atoms with Gasteiger partial charge in [0.1, 0.15) is 0 Å². The van der Waals surface area contributed by atoms with Crippen molar-refractivity contribution in [3.8, 4) is 0 Å². The Morgan fingerprint density at radius 2 is 0.727 bits per heavy atom. The quantitative estimate of drug-likeness (QED) is 0.536. The zero-order valence-corrected chi connectivity index (χ0v) is 8.40. The van der Waals surface area contributed by atoms with E-state index in [0.29, 0.717) is 0 Å². The highest BCUT2D eigenvalue weighted by molar-refractivity contribution is 5.75. The van der Waals surface area contributed by atoms with Crippen molar-refractivity contribution in [3.05, 3.63) is 0 Å². The van der Waals surface area contributed by atoms with E-state index in [2.05, 4.69) is 5.73 Å². The van der Waals surface area contributed by atoms with Crippen molar-refractivity contribution in [2.75, 3.05) is 7.05 Å². The maximum Gasteiger partial charge on any atom is 0 e. The van der Waals surface area contributed by atoms with Crippen LogP contribution in [0.15, 0.2) is 0 Å². The lowest BCUT2D eigenvalue weighted by Crippen LogP contribution is -1.85. The van der Waals surface area contributed by atoms with E-state index in [-0.39, 0.29) is 8.41 Å². The third-order valence-corrected chi connectivity index (χ3v) is 1.50. The molecule has 0 unspecified atom stereocenters. The molecule has 1 aliphatic carbocycles. The van der Waals surface area contributed by atoms with Crippen molar-refractivity contribution in [1.82, 2.24) is 0 Å². The second kappa shape index (κ2) is 22.5. The lowest BCUT2D eigenvalue weighted by Gasteiger charge is -2.05. The molecule has 1 saturated carbocycles. The number of rotatable bonds is 0. The molecule has 0 heterocycles. The van der Waals surface area contributed by atoms with Crippen LogP contribution in [-0.2, 0) is 0 Å². The van der Waals surface area contributed by atoms with E-state index in [1.165, 1.54) is 45.6 Å². The largest absolute Gasteiger partial charge is 0.333 e. The average Bonchev–Trinajstić information content (AvgIpc) is 2.14. The van der Waals surface area contributed by atoms with E-state index in [9.17, 15) is 0 Å². The summed E-state index contributed by atoms with van der Waals surface area (Å²) in [7, 11) is 1.50. The van der Waals surface area contributed by atoms with Crippen LogP contribution in [0.25, 0.3) is 0 Å². The maximum absolute atomic E-state index is 4.50. The predicted molar refractivity (Wildman–Crippen MR) is 54.9 cm³/mol. The Balaban J connectivity index is -0.000000114. The smallest absolute Gasteiger partial charge is 0 e. The lowest BCUT2D eigenvalue weighted by atomic mass is 10.0. The Morgan fingerprint density at radius 3 is 0.818 bits per heavy atom. The molecule has 0 bridgehead atoms. The molecule has 1 rings (SSSR count). The first-order valence-electron chi connectivity index (χ1n) is 4.58. The van der Waals surface area contributed by atoms with Crippen molar-refractivity contribution in [2.24, 2.45) is 5.73 Å². The van der Waals surface area contributed by atoms with E-state index < -0.39 is 0 Å². The van der Waals surface area contributed by atoms with Gasteiger partial charge in [0, 0.05) is 8.41 Å². The SMILES string of the molecule is C1CCCCC1.CC.CN.[B]. The fourth-order valence-corrected chi connectivity index (χ4v) is 1.06. The minimum atomic E-state index is 0. The summed E-state index contributed by atoms with van der Waals surface area (Å²) in [4.78, 5) is 0. The first-order chi connectivity index (χ1) is 5.00. The van der Waals surface area contributed by atoms with E-state index in [1.54, 1.807) is 0 Å². The van der Waals surface area contributed by atoms with Crippen LogP contribution in [0.1, 0.15) is 52.4 Å². The summed E-state index contributed by atoms with van der Waals surface area (Å²) in [6, 6.07) is 0. The van der Waals surface area contributed by atoms with Gasteiger partial charge in [-0.05, 0) is 7.05 Å². The summed E-state index contributed by atoms with van der Waals surface area (Å²) < 4.78 is 0. The second-order valence-electron chi connectivity index (χ2n) is 2.12. The summed E-state index contributed by atoms with van der Waals surface area (Å²) >= 11 is 0. The van der Waals surface area contributed by atoms with Gasteiger partial charge in [0.05, 0.1) is 0 Å². The summed E-state index contributed by atoms with van der Waals surface area (Å²) in [5.74, 6) is 0. The van der Waals surface area contributed by atoms with Gasteiger partial charge in [-0.2, -0.15) is 0 Å². The second-order valence-corrected chi connectivity index (χ2v) is 2.12. The molecule has 2 N–H and O–H groups in total. The normalized spacial score (nSPS) is 14.2. The topological polar surface area (TPSA) is 26.0 Å². The highest BCUT2D eigenvalue weighted by Crippen LogP contribution is 2.15. The van der Waals surface area contributed by atoms with Crippen LogP contribution >= 0.6 is 0 Å². The van der Waals surface area contributed by atoms with Gasteiger partial charge in [0.15, 0.2) is 0 Å². The van der Waals surface area contributed by atoms with Gasteiger partial charge in [-0.25, -0.2) is 0 Å². The van der Waals surface area contributed by atoms with E-state index >= 15 is 0 Å². The summed E-state index contributed by atoms with van der Waals surface area (Å²) in [6.07, 6.45) is 9.00. The van der Waals surface area contributed by atoms with Crippen molar-refractivity contribution in [2.45, 2.75) is 52.4 Å². The molecule has 2 heteroatoms. The maximum atomic E-state index is 4.50. The third-order valence-electron chi connectivity index (χ3n) is 1.50. The van der Waals surface area contributed by atoms with Crippen LogP contribution in [-0.4, -0.2) is 15.5 Å². The van der Waals surface area contributed by atoms with Crippen molar-refractivity contribution >= 4 is 8.41 Å². The number of nitrogens with two attached hydrogens (primary N) is 1. The number of hydrogen-bond acceptors (Lipinski definition) is 1. The van der Waals surface area contributed by atoms with E-state index in [1.807, 2.05) is 13.8 Å². The van der Waals surface area contributed by atoms with Crippen LogP contribution in [0.5, 0.6) is 0 Å². The van der Waals surface area contributed by atoms with E-state index in [4.69, 9.17) is 0 Å². The first kappa shape index (κ1) is 17.2. The van der Waals surface area contributed by atoms with Crippen LogP contribution in [0.4, 0.5) is 0 Å². The van der Waals surface area contributed by atoms with Crippen molar-refractivity contribution in [3.63, 3.8) is 0 Å². The molecule has 1 aliphatic rings. The molecule has 0 atom stereocenters. The highest BCUT2D eigenvalue weighted by atomic mass is 14.4. The molecular weight excluding hydrogens is 133 g/mol. The molecule has 0 aromatic heterocycles. The molecule has 0 saturated heterocycles. The zero-order valence-electron chi connectivity index (χ0n) is 8.40. The van der Waals surface area contributed by atoms with Crippen molar-refractivity contribution in [1.29, 1.82) is 0 Å². The minimum Gasteiger partial charge on any atom is -0.333 e. The molecule has 0 aliphatic heterocycles. The Bertz CT molecular complexity index is 25.0. The van der Waals surface area contributed by atoms with Crippen LogP contribution in [0.2, 0.25) is 0 Å². The van der Waals surface area contributed by atoms with Gasteiger partial charge < -0.3 is 5.73 Å². The molecule has 0 spiro atoms. The Morgan fingerprint density at radius 1 is 0.636 bits per heavy atom. The summed E-state index contributed by atoms with van der Waals surface area (Å²) in [6.45, 7) is 4.00. The Hall–Kier alpha value is 0.0249. The molecule has 0 amide bonds. The van der Waals surface area contributed by atoms with Crippen LogP contribution in [0, 0.1) is 0 Å². The summed E-state index contributed by atoms with van der Waals surface area (Å²) in [5, 5.41) is 0. The van der Waals surface area contributed by atoms with Crippen molar-refractivity contribution < 1.29 is 0 Å². The number of hydrogen-bond donors (Lipinski definition) is 1. The predicted octanol–water partition coefficient (Wildman–Crippen LogP) is 2.56. The summed E-state index contributed by atoms with van der Waals surface area (Å²) in [5.41, 5.74) is 4.50. The standard InChI is InChI=1S/C6H12.C2H6.CH5N.B/c1-2-4-6-5-3-1;2*1-2;/h1-6H2;1-2H3;2H2,1H3;. The van der Waals surface area contributed by atoms with Gasteiger partial charge >= 0.3 is 0 Å². The van der Waals surface area contributed by atoms with E-state index in [0.717, 1.165) is 0 Å². The Kier molecular flexibility index (Phi) is 35.2. The fourth-order valence-electron chi connectivity index (χ4n) is 1.06. The molecular formula is C9H23BN. The average molecular weight is 156 g/mol. The molecule has 0 aromatic carbocycles. The molecule has 0 aromatic rings. The minimum absolute atomic E-state index is 0. The highest BCUT2D eigenvalue weighted by Gasteiger charge is 1.95. The fraction of sp³-hybridized carbons (Fsp3) is 1.00. The lowest BCUT2D eigenvalue weighted by molar-refractivity contribution is 0.504. The molecule has 1 nitrogen and oxygen atoms in total. The Labute approximate surface area is 74.3 Å². The molecule has 11 heavy (non-hydrogen) atoms. The van der Waals surface area contributed by atoms with Gasteiger partial charge in [0.25, 0.3) is 0 Å². The molecule has 67 valence electrons. The van der Waals surface area contributed by atoms with Gasteiger partial charge in [-0.1, -0.05) is 52.4 Å². The molecule has 3 radical (unpaired) electrons.